The van der Waals surface area contributed by atoms with Gasteiger partial charge in [0, 0.05) is 18.4 Å². The minimum atomic E-state index is -0.217. The summed E-state index contributed by atoms with van der Waals surface area (Å²) in [5, 5.41) is 12.5. The number of aromatic nitrogens is 1. The van der Waals surface area contributed by atoms with Crippen molar-refractivity contribution in [2.45, 2.75) is 38.8 Å². The van der Waals surface area contributed by atoms with Crippen LogP contribution in [0.25, 0.3) is 0 Å². The van der Waals surface area contributed by atoms with E-state index in [0.29, 0.717) is 6.04 Å². The van der Waals surface area contributed by atoms with Gasteiger partial charge in [-0.05, 0) is 50.9 Å². The second-order valence-electron chi connectivity index (χ2n) is 4.05. The monoisotopic (exact) mass is 208 g/mol. The number of rotatable bonds is 6. The van der Waals surface area contributed by atoms with E-state index in [0.717, 1.165) is 19.4 Å². The molecule has 0 saturated carbocycles. The van der Waals surface area contributed by atoms with Gasteiger partial charge in [-0.2, -0.15) is 0 Å². The summed E-state index contributed by atoms with van der Waals surface area (Å²) in [6.07, 6.45) is 5.23. The van der Waals surface area contributed by atoms with Gasteiger partial charge in [-0.25, -0.2) is 0 Å². The van der Waals surface area contributed by atoms with Crippen LogP contribution in [-0.4, -0.2) is 28.8 Å². The second kappa shape index (κ2) is 6.53. The smallest absolute Gasteiger partial charge is 0.0524 e. The van der Waals surface area contributed by atoms with Crippen LogP contribution in [0.1, 0.15) is 25.8 Å². The van der Waals surface area contributed by atoms with Crippen LogP contribution in [0.3, 0.4) is 0 Å². The maximum atomic E-state index is 9.11. The summed E-state index contributed by atoms with van der Waals surface area (Å²) in [6.45, 7) is 4.83. The Bertz CT molecular complexity index is 262. The third-order valence-electron chi connectivity index (χ3n) is 2.35. The molecule has 0 aliphatic carbocycles. The Hall–Kier alpha value is -0.930. The van der Waals surface area contributed by atoms with E-state index < -0.39 is 0 Å². The third-order valence-corrected chi connectivity index (χ3v) is 2.35. The molecule has 2 unspecified atom stereocenters. The van der Waals surface area contributed by atoms with Gasteiger partial charge >= 0.3 is 0 Å². The van der Waals surface area contributed by atoms with Crippen molar-refractivity contribution in [3.05, 3.63) is 30.1 Å². The highest BCUT2D eigenvalue weighted by molar-refractivity contribution is 5.10. The van der Waals surface area contributed by atoms with Crippen LogP contribution >= 0.6 is 0 Å². The molecule has 2 N–H and O–H groups in total. The summed E-state index contributed by atoms with van der Waals surface area (Å²) in [4.78, 5) is 3.98. The zero-order valence-corrected chi connectivity index (χ0v) is 9.48. The SMILES string of the molecule is CC(O)CCNC(C)Cc1ccncc1. The van der Waals surface area contributed by atoms with E-state index in [1.807, 2.05) is 31.5 Å². The largest absolute Gasteiger partial charge is 0.393 e. The summed E-state index contributed by atoms with van der Waals surface area (Å²) >= 11 is 0. The molecule has 0 amide bonds. The van der Waals surface area contributed by atoms with Gasteiger partial charge in [0.15, 0.2) is 0 Å². The van der Waals surface area contributed by atoms with Crippen molar-refractivity contribution in [2.75, 3.05) is 6.54 Å². The highest BCUT2D eigenvalue weighted by Crippen LogP contribution is 2.01. The van der Waals surface area contributed by atoms with E-state index in [-0.39, 0.29) is 6.10 Å². The molecule has 3 nitrogen and oxygen atoms in total. The predicted octanol–water partition coefficient (Wildman–Crippen LogP) is 1.37. The Morgan fingerprint density at radius 1 is 1.33 bits per heavy atom. The van der Waals surface area contributed by atoms with Crippen LogP contribution in [0.15, 0.2) is 24.5 Å². The summed E-state index contributed by atoms with van der Waals surface area (Å²) in [7, 11) is 0. The second-order valence-corrected chi connectivity index (χ2v) is 4.05. The molecule has 1 aromatic heterocycles. The molecular formula is C12H20N2O. The van der Waals surface area contributed by atoms with Crippen molar-refractivity contribution in [3.8, 4) is 0 Å². The molecule has 0 spiro atoms. The lowest BCUT2D eigenvalue weighted by Crippen LogP contribution is -2.30. The minimum Gasteiger partial charge on any atom is -0.393 e. The number of nitrogens with zero attached hydrogens (tertiary/aromatic N) is 1. The van der Waals surface area contributed by atoms with Gasteiger partial charge in [-0.15, -0.1) is 0 Å². The maximum Gasteiger partial charge on any atom is 0.0524 e. The van der Waals surface area contributed by atoms with E-state index in [2.05, 4.69) is 17.2 Å². The van der Waals surface area contributed by atoms with Crippen molar-refractivity contribution in [3.63, 3.8) is 0 Å². The molecule has 0 aromatic carbocycles. The average molecular weight is 208 g/mol. The van der Waals surface area contributed by atoms with Gasteiger partial charge in [0.2, 0.25) is 0 Å². The highest BCUT2D eigenvalue weighted by Gasteiger charge is 2.03. The van der Waals surface area contributed by atoms with Crippen molar-refractivity contribution in [2.24, 2.45) is 0 Å². The van der Waals surface area contributed by atoms with Gasteiger partial charge < -0.3 is 10.4 Å². The van der Waals surface area contributed by atoms with Gasteiger partial charge in [-0.1, -0.05) is 0 Å². The number of nitrogens with one attached hydrogen (secondary N) is 1. The van der Waals surface area contributed by atoms with Crippen LogP contribution in [0.2, 0.25) is 0 Å². The molecule has 0 aliphatic heterocycles. The molecule has 0 radical (unpaired) electrons. The first-order chi connectivity index (χ1) is 7.18. The summed E-state index contributed by atoms with van der Waals surface area (Å²) < 4.78 is 0. The van der Waals surface area contributed by atoms with Crippen LogP contribution in [0, 0.1) is 0 Å². The summed E-state index contributed by atoms with van der Waals surface area (Å²) in [5.41, 5.74) is 1.29. The first kappa shape index (κ1) is 12.1. The van der Waals surface area contributed by atoms with Crippen LogP contribution in [-0.2, 0) is 6.42 Å². The lowest BCUT2D eigenvalue weighted by molar-refractivity contribution is 0.182. The van der Waals surface area contributed by atoms with Gasteiger partial charge in [-0.3, -0.25) is 4.98 Å². The van der Waals surface area contributed by atoms with Crippen LogP contribution in [0.5, 0.6) is 0 Å². The fourth-order valence-corrected chi connectivity index (χ4v) is 1.48. The van der Waals surface area contributed by atoms with Crippen molar-refractivity contribution < 1.29 is 5.11 Å². The quantitative estimate of drug-likeness (QED) is 0.742. The van der Waals surface area contributed by atoms with Gasteiger partial charge in [0.05, 0.1) is 6.10 Å². The van der Waals surface area contributed by atoms with Gasteiger partial charge in [0.25, 0.3) is 0 Å². The van der Waals surface area contributed by atoms with Crippen molar-refractivity contribution >= 4 is 0 Å². The molecule has 2 atom stereocenters. The standard InChI is InChI=1S/C12H20N2O/c1-10(14-8-3-11(2)15)9-12-4-6-13-7-5-12/h4-7,10-11,14-15H,3,8-9H2,1-2H3. The molecule has 0 fully saturated rings. The third kappa shape index (κ3) is 5.50. The molecule has 15 heavy (non-hydrogen) atoms. The van der Waals surface area contributed by atoms with E-state index in [1.54, 1.807) is 0 Å². The van der Waals surface area contributed by atoms with Gasteiger partial charge in [0.1, 0.15) is 0 Å². The van der Waals surface area contributed by atoms with E-state index in [9.17, 15) is 0 Å². The fourth-order valence-electron chi connectivity index (χ4n) is 1.48. The molecule has 1 heterocycles. The molecule has 3 heteroatoms. The molecular weight excluding hydrogens is 188 g/mol. The zero-order chi connectivity index (χ0) is 11.1. The average Bonchev–Trinajstić information content (AvgIpc) is 2.18. The Morgan fingerprint density at radius 3 is 2.60 bits per heavy atom. The normalized spacial score (nSPS) is 14.9. The summed E-state index contributed by atoms with van der Waals surface area (Å²) in [6, 6.07) is 4.51. The Labute approximate surface area is 91.5 Å². The molecule has 1 rings (SSSR count). The number of hydrogen-bond donors (Lipinski definition) is 2. The molecule has 0 aliphatic rings. The number of aliphatic hydroxyl groups excluding tert-OH is 1. The van der Waals surface area contributed by atoms with E-state index in [4.69, 9.17) is 5.11 Å². The minimum absolute atomic E-state index is 0.217. The predicted molar refractivity (Wildman–Crippen MR) is 61.7 cm³/mol. The van der Waals surface area contributed by atoms with E-state index in [1.165, 1.54) is 5.56 Å². The van der Waals surface area contributed by atoms with E-state index >= 15 is 0 Å². The Balaban J connectivity index is 2.21. The Kier molecular flexibility index (Phi) is 5.29. The number of pyridine rings is 1. The lowest BCUT2D eigenvalue weighted by atomic mass is 10.1. The first-order valence-electron chi connectivity index (χ1n) is 5.49. The number of hydrogen-bond acceptors (Lipinski definition) is 3. The Morgan fingerprint density at radius 2 is 2.00 bits per heavy atom. The highest BCUT2D eigenvalue weighted by atomic mass is 16.3. The number of aliphatic hydroxyl groups is 1. The molecule has 0 bridgehead atoms. The topological polar surface area (TPSA) is 45.1 Å². The molecule has 0 saturated heterocycles. The lowest BCUT2D eigenvalue weighted by Gasteiger charge is -2.14. The zero-order valence-electron chi connectivity index (χ0n) is 9.48. The first-order valence-corrected chi connectivity index (χ1v) is 5.49. The van der Waals surface area contributed by atoms with Crippen LogP contribution in [0.4, 0.5) is 0 Å². The van der Waals surface area contributed by atoms with Crippen molar-refractivity contribution in [1.82, 2.24) is 10.3 Å². The van der Waals surface area contributed by atoms with Crippen LogP contribution < -0.4 is 5.32 Å². The fraction of sp³-hybridized carbons (Fsp3) is 0.583. The molecule has 1 aromatic rings. The molecule has 84 valence electrons. The van der Waals surface area contributed by atoms with Crippen molar-refractivity contribution in [1.29, 1.82) is 0 Å². The summed E-state index contributed by atoms with van der Waals surface area (Å²) in [5.74, 6) is 0. The maximum absolute atomic E-state index is 9.11.